The van der Waals surface area contributed by atoms with Crippen molar-refractivity contribution in [1.82, 2.24) is 10.1 Å². The maximum Gasteiger partial charge on any atom is 0.260 e. The first-order valence-electron chi connectivity index (χ1n) is 6.00. The number of hydrogen-bond donors (Lipinski definition) is 2. The molecular weight excluding hydrogens is 282 g/mol. The van der Waals surface area contributed by atoms with Gasteiger partial charge in [0, 0.05) is 12.1 Å². The number of aliphatic hydroxyl groups excluding tert-OH is 1. The van der Waals surface area contributed by atoms with Gasteiger partial charge in [-0.1, -0.05) is 17.3 Å². The van der Waals surface area contributed by atoms with Crippen molar-refractivity contribution in [2.75, 3.05) is 23.8 Å². The third-order valence-electron chi connectivity index (χ3n) is 2.70. The van der Waals surface area contributed by atoms with Crippen LogP contribution in [0.3, 0.4) is 0 Å². The number of nitrogens with zero attached hydrogens (tertiary/aromatic N) is 2. The zero-order valence-corrected chi connectivity index (χ0v) is 11.5. The van der Waals surface area contributed by atoms with Gasteiger partial charge in [-0.3, -0.25) is 0 Å². The molecule has 20 heavy (non-hydrogen) atoms. The Bertz CT molecular complexity index is 682. The lowest BCUT2D eigenvalue weighted by Gasteiger charge is -1.99. The largest absolute Gasteiger partial charge is 0.398 e. The maximum atomic E-state index is 11.5. The number of aryl methyl sites for hydroxylation is 1. The number of anilines is 1. The number of para-hydroxylation sites is 1. The van der Waals surface area contributed by atoms with Crippen molar-refractivity contribution < 1.29 is 18.0 Å². The first kappa shape index (κ1) is 14.5. The van der Waals surface area contributed by atoms with Crippen molar-refractivity contribution in [2.45, 2.75) is 6.42 Å². The molecule has 0 atom stereocenters. The second kappa shape index (κ2) is 6.02. The summed E-state index contributed by atoms with van der Waals surface area (Å²) in [4.78, 5) is 4.12. The number of sulfone groups is 1. The van der Waals surface area contributed by atoms with E-state index >= 15 is 0 Å². The van der Waals surface area contributed by atoms with Gasteiger partial charge in [-0.05, 0) is 12.1 Å². The number of hydrogen-bond acceptors (Lipinski definition) is 7. The Morgan fingerprint density at radius 2 is 2.00 bits per heavy atom. The molecule has 1 heterocycles. The molecular formula is C12H15N3O4S. The maximum absolute atomic E-state index is 11.5. The van der Waals surface area contributed by atoms with E-state index in [9.17, 15) is 8.42 Å². The molecule has 0 aliphatic rings. The van der Waals surface area contributed by atoms with Crippen LogP contribution in [-0.4, -0.2) is 41.8 Å². The van der Waals surface area contributed by atoms with Gasteiger partial charge in [0.2, 0.25) is 0 Å². The molecule has 1 aromatic carbocycles. The molecule has 0 unspecified atom stereocenters. The van der Waals surface area contributed by atoms with Gasteiger partial charge in [-0.25, -0.2) is 8.42 Å². The van der Waals surface area contributed by atoms with Crippen LogP contribution in [0, 0.1) is 0 Å². The fourth-order valence-electron chi connectivity index (χ4n) is 1.64. The lowest BCUT2D eigenvalue weighted by molar-refractivity contribution is 0.319. The highest BCUT2D eigenvalue weighted by molar-refractivity contribution is 7.91. The van der Waals surface area contributed by atoms with Gasteiger partial charge in [0.15, 0.2) is 15.7 Å². The van der Waals surface area contributed by atoms with E-state index in [1.54, 1.807) is 24.3 Å². The van der Waals surface area contributed by atoms with E-state index < -0.39 is 9.84 Å². The Labute approximate surface area is 116 Å². The lowest BCUT2D eigenvalue weighted by Crippen LogP contribution is -2.15. The van der Waals surface area contributed by atoms with E-state index in [1.807, 2.05) is 0 Å². The summed E-state index contributed by atoms with van der Waals surface area (Å²) in [6.07, 6.45) is 0.137. The van der Waals surface area contributed by atoms with Crippen LogP contribution in [0.2, 0.25) is 0 Å². The second-order valence-electron chi connectivity index (χ2n) is 4.23. The zero-order chi connectivity index (χ0) is 14.6. The lowest BCUT2D eigenvalue weighted by atomic mass is 10.2. The second-order valence-corrected chi connectivity index (χ2v) is 6.53. The highest BCUT2D eigenvalue weighted by atomic mass is 32.2. The number of nitrogens with two attached hydrogens (primary N) is 1. The predicted octanol–water partition coefficient (Wildman–Crippen LogP) is 0.268. The number of aliphatic hydroxyl groups is 1. The summed E-state index contributed by atoms with van der Waals surface area (Å²) in [6.45, 7) is -0.389. The van der Waals surface area contributed by atoms with E-state index in [0.29, 0.717) is 17.1 Å². The molecule has 0 bridgehead atoms. The standard InChI is InChI=1S/C12H15N3O4S/c13-10-4-2-1-3-9(10)12-14-11(15-19-12)5-7-20(17,18)8-6-16/h1-4,16H,5-8,13H2. The fourth-order valence-corrected chi connectivity index (χ4v) is 2.62. The number of nitrogen functional groups attached to an aromatic ring is 1. The minimum atomic E-state index is -3.29. The van der Waals surface area contributed by atoms with Gasteiger partial charge in [0.05, 0.1) is 23.7 Å². The van der Waals surface area contributed by atoms with Crippen LogP contribution >= 0.6 is 0 Å². The molecule has 0 aliphatic heterocycles. The van der Waals surface area contributed by atoms with E-state index in [1.165, 1.54) is 0 Å². The first-order chi connectivity index (χ1) is 9.52. The van der Waals surface area contributed by atoms with Crippen molar-refractivity contribution >= 4 is 15.5 Å². The average molecular weight is 297 g/mol. The average Bonchev–Trinajstić information content (AvgIpc) is 2.86. The van der Waals surface area contributed by atoms with E-state index in [4.69, 9.17) is 15.4 Å². The Kier molecular flexibility index (Phi) is 4.35. The summed E-state index contributed by atoms with van der Waals surface area (Å²) in [6, 6.07) is 7.04. The normalized spacial score (nSPS) is 11.7. The van der Waals surface area contributed by atoms with Gasteiger partial charge in [-0.15, -0.1) is 0 Å². The van der Waals surface area contributed by atoms with Gasteiger partial charge in [0.1, 0.15) is 0 Å². The van der Waals surface area contributed by atoms with Crippen molar-refractivity contribution in [3.05, 3.63) is 30.1 Å². The molecule has 3 N–H and O–H groups in total. The van der Waals surface area contributed by atoms with Crippen LogP contribution < -0.4 is 5.73 Å². The summed E-state index contributed by atoms with van der Waals surface area (Å²) >= 11 is 0. The van der Waals surface area contributed by atoms with Gasteiger partial charge in [-0.2, -0.15) is 4.98 Å². The van der Waals surface area contributed by atoms with Crippen LogP contribution in [0.5, 0.6) is 0 Å². The molecule has 8 heteroatoms. The third-order valence-corrected chi connectivity index (χ3v) is 4.33. The molecule has 0 aliphatic carbocycles. The molecule has 108 valence electrons. The van der Waals surface area contributed by atoms with E-state index in [-0.39, 0.29) is 30.4 Å². The van der Waals surface area contributed by atoms with Crippen LogP contribution in [-0.2, 0) is 16.3 Å². The highest BCUT2D eigenvalue weighted by Gasteiger charge is 2.15. The van der Waals surface area contributed by atoms with Gasteiger partial charge in [0.25, 0.3) is 5.89 Å². The SMILES string of the molecule is Nc1ccccc1-c1nc(CCS(=O)(=O)CCO)no1. The van der Waals surface area contributed by atoms with Crippen LogP contribution in [0.4, 0.5) is 5.69 Å². The predicted molar refractivity (Wildman–Crippen MR) is 73.6 cm³/mol. The summed E-state index contributed by atoms with van der Waals surface area (Å²) in [5, 5.41) is 12.4. The minimum absolute atomic E-state index is 0.128. The Balaban J connectivity index is 2.09. The third kappa shape index (κ3) is 3.55. The molecule has 0 saturated heterocycles. The summed E-state index contributed by atoms with van der Waals surface area (Å²) < 4.78 is 28.0. The molecule has 1 aromatic heterocycles. The summed E-state index contributed by atoms with van der Waals surface area (Å²) in [7, 11) is -3.29. The number of rotatable bonds is 6. The topological polar surface area (TPSA) is 119 Å². The molecule has 2 rings (SSSR count). The van der Waals surface area contributed by atoms with E-state index in [2.05, 4.69) is 10.1 Å². The molecule has 0 saturated carbocycles. The highest BCUT2D eigenvalue weighted by Crippen LogP contribution is 2.23. The quantitative estimate of drug-likeness (QED) is 0.734. The molecule has 0 spiro atoms. The first-order valence-corrected chi connectivity index (χ1v) is 7.83. The van der Waals surface area contributed by atoms with Gasteiger partial charge < -0.3 is 15.4 Å². The zero-order valence-electron chi connectivity index (χ0n) is 10.7. The monoisotopic (exact) mass is 297 g/mol. The Morgan fingerprint density at radius 3 is 2.70 bits per heavy atom. The number of benzene rings is 1. The van der Waals surface area contributed by atoms with Crippen LogP contribution in [0.15, 0.2) is 28.8 Å². The van der Waals surface area contributed by atoms with Crippen LogP contribution in [0.25, 0.3) is 11.5 Å². The Hall–Kier alpha value is -1.93. The molecule has 0 radical (unpaired) electrons. The molecule has 2 aromatic rings. The smallest absolute Gasteiger partial charge is 0.260 e. The molecule has 0 amide bonds. The van der Waals surface area contributed by atoms with Crippen molar-refractivity contribution in [3.8, 4) is 11.5 Å². The van der Waals surface area contributed by atoms with Crippen molar-refractivity contribution in [1.29, 1.82) is 0 Å². The van der Waals surface area contributed by atoms with Gasteiger partial charge >= 0.3 is 0 Å². The van der Waals surface area contributed by atoms with Crippen molar-refractivity contribution in [3.63, 3.8) is 0 Å². The van der Waals surface area contributed by atoms with Crippen LogP contribution in [0.1, 0.15) is 5.82 Å². The minimum Gasteiger partial charge on any atom is -0.398 e. The Morgan fingerprint density at radius 1 is 1.25 bits per heavy atom. The van der Waals surface area contributed by atoms with E-state index in [0.717, 1.165) is 0 Å². The summed E-state index contributed by atoms with van der Waals surface area (Å²) in [5.41, 5.74) is 6.92. The number of aromatic nitrogens is 2. The summed E-state index contributed by atoms with van der Waals surface area (Å²) in [5.74, 6) is 0.169. The molecule has 7 nitrogen and oxygen atoms in total. The molecule has 0 fully saturated rings. The van der Waals surface area contributed by atoms with Crippen molar-refractivity contribution in [2.24, 2.45) is 0 Å². The fraction of sp³-hybridized carbons (Fsp3) is 0.333.